The first-order valence-electron chi connectivity index (χ1n) is 9.53. The van der Waals surface area contributed by atoms with E-state index in [9.17, 15) is 9.59 Å². The fourth-order valence-corrected chi connectivity index (χ4v) is 3.36. The largest absolute Gasteiger partial charge is 0.450 e. The molecule has 0 unspecified atom stereocenters. The van der Waals surface area contributed by atoms with E-state index in [1.165, 1.54) is 0 Å². The van der Waals surface area contributed by atoms with Crippen molar-refractivity contribution < 1.29 is 23.5 Å². The van der Waals surface area contributed by atoms with Gasteiger partial charge in [-0.3, -0.25) is 4.79 Å². The summed E-state index contributed by atoms with van der Waals surface area (Å²) >= 11 is 0. The van der Waals surface area contributed by atoms with Crippen molar-refractivity contribution in [1.29, 1.82) is 0 Å². The molecule has 0 spiro atoms. The highest BCUT2D eigenvalue weighted by molar-refractivity contribution is 5.98. The summed E-state index contributed by atoms with van der Waals surface area (Å²) in [7, 11) is 0. The number of fused-ring (bicyclic) bond motifs is 1. The number of hydrogen-bond acceptors (Lipinski definition) is 5. The highest BCUT2D eigenvalue weighted by atomic mass is 16.5. The average Bonchev–Trinajstić information content (AvgIpc) is 3.06. The maximum atomic E-state index is 12.6. The van der Waals surface area contributed by atoms with Gasteiger partial charge < -0.3 is 19.2 Å². The van der Waals surface area contributed by atoms with Crippen LogP contribution in [0.15, 0.2) is 40.8 Å². The zero-order valence-corrected chi connectivity index (χ0v) is 17.1. The average molecular weight is 395 g/mol. The Hall–Kier alpha value is -3.12. The van der Waals surface area contributed by atoms with Gasteiger partial charge in [-0.2, -0.15) is 0 Å². The lowest BCUT2D eigenvalue weighted by Gasteiger charge is -2.13. The number of furan rings is 1. The zero-order valence-electron chi connectivity index (χ0n) is 17.1. The minimum Gasteiger partial charge on any atom is -0.450 e. The molecule has 0 aliphatic rings. The van der Waals surface area contributed by atoms with Crippen molar-refractivity contribution in [2.24, 2.45) is 0 Å². The van der Waals surface area contributed by atoms with Crippen LogP contribution in [0.25, 0.3) is 11.0 Å². The van der Waals surface area contributed by atoms with E-state index < -0.39 is 18.5 Å². The molecule has 0 saturated heterocycles. The number of anilines is 1. The Kier molecular flexibility index (Phi) is 6.34. The molecule has 1 aromatic heterocycles. The molecule has 6 heteroatoms. The fraction of sp³-hybridized carbons (Fsp3) is 0.304. The van der Waals surface area contributed by atoms with Crippen LogP contribution in [0.4, 0.5) is 5.69 Å². The van der Waals surface area contributed by atoms with Gasteiger partial charge >= 0.3 is 5.97 Å². The van der Waals surface area contributed by atoms with Gasteiger partial charge in [0, 0.05) is 23.2 Å². The second-order valence-corrected chi connectivity index (χ2v) is 6.94. The van der Waals surface area contributed by atoms with Crippen LogP contribution in [0.2, 0.25) is 0 Å². The van der Waals surface area contributed by atoms with Gasteiger partial charge in [0.25, 0.3) is 5.91 Å². The van der Waals surface area contributed by atoms with E-state index >= 15 is 0 Å². The van der Waals surface area contributed by atoms with Crippen LogP contribution in [0.1, 0.15) is 39.7 Å². The van der Waals surface area contributed by atoms with Gasteiger partial charge in [0.15, 0.2) is 6.61 Å². The SMILES string of the molecule is CCOCc1c(C(=O)OCC(=O)Nc2c(C)cc(C)cc2C)oc2ccccc12. The topological polar surface area (TPSA) is 77.8 Å². The molecule has 1 heterocycles. The third-order valence-corrected chi connectivity index (χ3v) is 4.61. The quantitative estimate of drug-likeness (QED) is 0.587. The molecule has 0 atom stereocenters. The Morgan fingerprint density at radius 2 is 1.76 bits per heavy atom. The molecule has 0 fully saturated rings. The molecule has 0 saturated carbocycles. The van der Waals surface area contributed by atoms with E-state index in [-0.39, 0.29) is 12.4 Å². The van der Waals surface area contributed by atoms with E-state index in [4.69, 9.17) is 13.9 Å². The summed E-state index contributed by atoms with van der Waals surface area (Å²) in [6, 6.07) is 11.3. The fourth-order valence-electron chi connectivity index (χ4n) is 3.36. The van der Waals surface area contributed by atoms with Gasteiger partial charge in [-0.15, -0.1) is 0 Å². The summed E-state index contributed by atoms with van der Waals surface area (Å²) in [4.78, 5) is 24.9. The van der Waals surface area contributed by atoms with E-state index in [1.54, 1.807) is 6.07 Å². The summed E-state index contributed by atoms with van der Waals surface area (Å²) in [5.74, 6) is -1.03. The summed E-state index contributed by atoms with van der Waals surface area (Å²) in [6.07, 6.45) is 0. The van der Waals surface area contributed by atoms with Crippen LogP contribution < -0.4 is 5.32 Å². The lowest BCUT2D eigenvalue weighted by molar-refractivity contribution is -0.119. The molecule has 0 radical (unpaired) electrons. The lowest BCUT2D eigenvalue weighted by Crippen LogP contribution is -2.22. The number of hydrogen-bond donors (Lipinski definition) is 1. The standard InChI is InChI=1S/C23H25NO5/c1-5-27-12-18-17-8-6-7-9-19(17)29-22(18)23(26)28-13-20(25)24-21-15(3)10-14(2)11-16(21)4/h6-11H,5,12-13H2,1-4H3,(H,24,25). The van der Waals surface area contributed by atoms with Crippen LogP contribution in [0.5, 0.6) is 0 Å². The van der Waals surface area contributed by atoms with Crippen LogP contribution in [-0.4, -0.2) is 25.1 Å². The number of nitrogens with one attached hydrogen (secondary N) is 1. The summed E-state index contributed by atoms with van der Waals surface area (Å²) < 4.78 is 16.4. The molecule has 0 aliphatic carbocycles. The molecule has 29 heavy (non-hydrogen) atoms. The van der Waals surface area contributed by atoms with E-state index in [0.717, 1.165) is 27.8 Å². The number of benzene rings is 2. The van der Waals surface area contributed by atoms with Crippen molar-refractivity contribution in [3.63, 3.8) is 0 Å². The van der Waals surface area contributed by atoms with Gasteiger partial charge in [0.1, 0.15) is 5.58 Å². The van der Waals surface area contributed by atoms with Crippen LogP contribution in [0, 0.1) is 20.8 Å². The predicted octanol–water partition coefficient (Wildman–Crippen LogP) is 4.69. The monoisotopic (exact) mass is 395 g/mol. The van der Waals surface area contributed by atoms with Gasteiger partial charge in [0.05, 0.1) is 6.61 Å². The number of aryl methyl sites for hydroxylation is 3. The Bertz CT molecular complexity index is 1030. The minimum atomic E-state index is -0.691. The molecule has 1 N–H and O–H groups in total. The number of carbonyl (C=O) groups excluding carboxylic acids is 2. The molecule has 3 aromatic rings. The van der Waals surface area contributed by atoms with E-state index in [1.807, 2.05) is 58.0 Å². The van der Waals surface area contributed by atoms with Crippen molar-refractivity contribution in [2.75, 3.05) is 18.5 Å². The Balaban J connectivity index is 1.72. The van der Waals surface area contributed by atoms with Crippen molar-refractivity contribution in [3.8, 4) is 0 Å². The third-order valence-electron chi connectivity index (χ3n) is 4.61. The first kappa shape index (κ1) is 20.6. The highest BCUT2D eigenvalue weighted by Crippen LogP contribution is 2.27. The Morgan fingerprint density at radius 1 is 1.07 bits per heavy atom. The summed E-state index contributed by atoms with van der Waals surface area (Å²) in [6.45, 7) is 8.06. The Morgan fingerprint density at radius 3 is 2.45 bits per heavy atom. The minimum absolute atomic E-state index is 0.0650. The lowest BCUT2D eigenvalue weighted by atomic mass is 10.1. The maximum absolute atomic E-state index is 12.6. The highest BCUT2D eigenvalue weighted by Gasteiger charge is 2.22. The number of carbonyl (C=O) groups is 2. The molecular formula is C23H25NO5. The van der Waals surface area contributed by atoms with Crippen molar-refractivity contribution in [1.82, 2.24) is 0 Å². The number of amides is 1. The first-order valence-corrected chi connectivity index (χ1v) is 9.53. The van der Waals surface area contributed by atoms with Crippen LogP contribution >= 0.6 is 0 Å². The summed E-state index contributed by atoms with van der Waals surface area (Å²) in [5, 5.41) is 3.61. The molecular weight excluding hydrogens is 370 g/mol. The summed E-state index contributed by atoms with van der Waals surface area (Å²) in [5.41, 5.74) is 4.97. The van der Waals surface area contributed by atoms with Crippen molar-refractivity contribution >= 4 is 28.5 Å². The molecule has 0 aliphatic heterocycles. The van der Waals surface area contributed by atoms with Crippen molar-refractivity contribution in [2.45, 2.75) is 34.3 Å². The second-order valence-electron chi connectivity index (χ2n) is 6.94. The van der Waals surface area contributed by atoms with Gasteiger partial charge in [-0.05, 0) is 44.9 Å². The van der Waals surface area contributed by atoms with Crippen LogP contribution in [0.3, 0.4) is 0 Å². The van der Waals surface area contributed by atoms with Crippen molar-refractivity contribution in [3.05, 3.63) is 64.4 Å². The number of esters is 1. The van der Waals surface area contributed by atoms with Gasteiger partial charge in [-0.1, -0.05) is 35.9 Å². The predicted molar refractivity (Wildman–Crippen MR) is 111 cm³/mol. The molecule has 6 nitrogen and oxygen atoms in total. The van der Waals surface area contributed by atoms with Gasteiger partial charge in [0.2, 0.25) is 5.76 Å². The molecule has 0 bridgehead atoms. The molecule has 152 valence electrons. The van der Waals surface area contributed by atoms with Crippen LogP contribution in [-0.2, 0) is 20.9 Å². The first-order chi connectivity index (χ1) is 13.9. The van der Waals surface area contributed by atoms with Gasteiger partial charge in [-0.25, -0.2) is 4.79 Å². The number of rotatable bonds is 7. The smallest absolute Gasteiger partial charge is 0.375 e. The second kappa shape index (κ2) is 8.92. The normalized spacial score (nSPS) is 10.9. The van der Waals surface area contributed by atoms with E-state index in [0.29, 0.717) is 17.8 Å². The number of ether oxygens (including phenoxy) is 2. The van der Waals surface area contributed by atoms with E-state index in [2.05, 4.69) is 5.32 Å². The molecule has 3 rings (SSSR count). The molecule has 2 aromatic carbocycles. The Labute approximate surface area is 169 Å². The zero-order chi connectivity index (χ0) is 21.0. The third kappa shape index (κ3) is 4.66. The molecule has 1 amide bonds. The maximum Gasteiger partial charge on any atom is 0.375 e. The number of para-hydroxylation sites is 1.